The van der Waals surface area contributed by atoms with Crippen molar-refractivity contribution in [1.29, 1.82) is 0 Å². The summed E-state index contributed by atoms with van der Waals surface area (Å²) in [5, 5.41) is 0.704. The molecule has 0 fully saturated rings. The van der Waals surface area contributed by atoms with Gasteiger partial charge in [0.1, 0.15) is 22.7 Å². The SMILES string of the molecule is CCOC(=O)c1cnc2cc(OC)c3ccc(OC)cc3n2c1=O. The molecule has 0 aliphatic rings. The molecule has 2 aromatic heterocycles. The number of carbonyl (C=O) groups is 1. The maximum atomic E-state index is 12.8. The maximum Gasteiger partial charge on any atom is 0.345 e. The van der Waals surface area contributed by atoms with Gasteiger partial charge in [-0.15, -0.1) is 0 Å². The molecule has 3 aromatic rings. The summed E-state index contributed by atoms with van der Waals surface area (Å²) >= 11 is 0. The Labute approximate surface area is 137 Å². The van der Waals surface area contributed by atoms with Gasteiger partial charge in [0.2, 0.25) is 0 Å². The molecule has 0 aliphatic carbocycles. The van der Waals surface area contributed by atoms with Crippen molar-refractivity contribution in [1.82, 2.24) is 9.38 Å². The Bertz CT molecular complexity index is 994. The van der Waals surface area contributed by atoms with Crippen LogP contribution in [0.25, 0.3) is 16.6 Å². The van der Waals surface area contributed by atoms with Crippen molar-refractivity contribution in [3.63, 3.8) is 0 Å². The standard InChI is InChI=1S/C17H16N2O5/c1-4-24-17(21)12-9-18-15-8-14(23-3)11-6-5-10(22-2)7-13(11)19(15)16(12)20/h5-9H,4H2,1-3H3. The fourth-order valence-corrected chi connectivity index (χ4v) is 2.55. The molecule has 7 heteroatoms. The van der Waals surface area contributed by atoms with Gasteiger partial charge in [0.25, 0.3) is 5.56 Å². The van der Waals surface area contributed by atoms with Crippen molar-refractivity contribution in [3.05, 3.63) is 46.4 Å². The molecule has 0 aliphatic heterocycles. The minimum absolute atomic E-state index is 0.122. The van der Waals surface area contributed by atoms with Gasteiger partial charge in [-0.05, 0) is 19.1 Å². The summed E-state index contributed by atoms with van der Waals surface area (Å²) in [5.41, 5.74) is 0.279. The van der Waals surface area contributed by atoms with E-state index >= 15 is 0 Å². The summed E-state index contributed by atoms with van der Waals surface area (Å²) < 4.78 is 16.9. The van der Waals surface area contributed by atoms with Gasteiger partial charge in [-0.3, -0.25) is 9.20 Å². The third-order valence-corrected chi connectivity index (χ3v) is 3.68. The smallest absolute Gasteiger partial charge is 0.345 e. The van der Waals surface area contributed by atoms with Crippen LogP contribution in [0.4, 0.5) is 0 Å². The largest absolute Gasteiger partial charge is 0.497 e. The summed E-state index contributed by atoms with van der Waals surface area (Å²) in [6.07, 6.45) is 1.22. The lowest BCUT2D eigenvalue weighted by atomic mass is 10.1. The minimum Gasteiger partial charge on any atom is -0.497 e. The molecule has 0 bridgehead atoms. The number of pyridine rings is 1. The van der Waals surface area contributed by atoms with Crippen LogP contribution in [0.1, 0.15) is 17.3 Å². The second-order valence-electron chi connectivity index (χ2n) is 4.99. The molecule has 3 rings (SSSR count). The highest BCUT2D eigenvalue weighted by Crippen LogP contribution is 2.29. The Morgan fingerprint density at radius 3 is 2.67 bits per heavy atom. The first kappa shape index (κ1) is 15.8. The van der Waals surface area contributed by atoms with Crippen LogP contribution >= 0.6 is 0 Å². The molecule has 24 heavy (non-hydrogen) atoms. The van der Waals surface area contributed by atoms with Crippen LogP contribution in [0.5, 0.6) is 11.5 Å². The van der Waals surface area contributed by atoms with Gasteiger partial charge in [0.15, 0.2) is 0 Å². The molecule has 0 atom stereocenters. The molecule has 124 valence electrons. The van der Waals surface area contributed by atoms with E-state index < -0.39 is 11.5 Å². The number of fused-ring (bicyclic) bond motifs is 3. The third-order valence-electron chi connectivity index (χ3n) is 3.68. The van der Waals surface area contributed by atoms with Crippen LogP contribution in [-0.2, 0) is 4.74 Å². The molecule has 0 amide bonds. The highest BCUT2D eigenvalue weighted by molar-refractivity contribution is 5.92. The molecule has 0 saturated carbocycles. The van der Waals surface area contributed by atoms with E-state index in [-0.39, 0.29) is 12.2 Å². The van der Waals surface area contributed by atoms with Crippen LogP contribution in [0.2, 0.25) is 0 Å². The van der Waals surface area contributed by atoms with Gasteiger partial charge in [-0.1, -0.05) is 0 Å². The van der Waals surface area contributed by atoms with Crippen LogP contribution in [0, 0.1) is 0 Å². The zero-order chi connectivity index (χ0) is 17.3. The molecular formula is C17H16N2O5. The molecular weight excluding hydrogens is 312 g/mol. The molecule has 2 heterocycles. The molecule has 0 unspecified atom stereocenters. The Kier molecular flexibility index (Phi) is 4.07. The number of methoxy groups -OCH3 is 2. The topological polar surface area (TPSA) is 79.1 Å². The number of ether oxygens (including phenoxy) is 3. The van der Waals surface area contributed by atoms with Gasteiger partial charge >= 0.3 is 5.97 Å². The van der Waals surface area contributed by atoms with Crippen LogP contribution < -0.4 is 15.0 Å². The van der Waals surface area contributed by atoms with Gasteiger partial charge < -0.3 is 14.2 Å². The Balaban J connectivity index is 2.43. The lowest BCUT2D eigenvalue weighted by Crippen LogP contribution is -2.24. The van der Waals surface area contributed by atoms with Crippen molar-refractivity contribution < 1.29 is 19.0 Å². The molecule has 7 nitrogen and oxygen atoms in total. The summed E-state index contributed by atoms with van der Waals surface area (Å²) in [4.78, 5) is 29.0. The van der Waals surface area contributed by atoms with E-state index in [4.69, 9.17) is 14.2 Å². The van der Waals surface area contributed by atoms with Crippen LogP contribution in [0.3, 0.4) is 0 Å². The maximum absolute atomic E-state index is 12.8. The zero-order valence-electron chi connectivity index (χ0n) is 13.5. The highest BCUT2D eigenvalue weighted by Gasteiger charge is 2.17. The van der Waals surface area contributed by atoms with Gasteiger partial charge in [0.05, 0.1) is 26.3 Å². The predicted molar refractivity (Wildman–Crippen MR) is 88.0 cm³/mol. The lowest BCUT2D eigenvalue weighted by molar-refractivity contribution is 0.0523. The molecule has 0 radical (unpaired) electrons. The average Bonchev–Trinajstić information content (AvgIpc) is 2.60. The fraction of sp³-hybridized carbons (Fsp3) is 0.235. The number of esters is 1. The number of benzene rings is 1. The lowest BCUT2D eigenvalue weighted by Gasteiger charge is -2.12. The molecule has 0 saturated heterocycles. The molecule has 0 spiro atoms. The van der Waals surface area contributed by atoms with Crippen LogP contribution in [-0.4, -0.2) is 36.2 Å². The van der Waals surface area contributed by atoms with Crippen molar-refractivity contribution in [2.45, 2.75) is 6.92 Å². The molecule has 1 aromatic carbocycles. The average molecular weight is 328 g/mol. The fourth-order valence-electron chi connectivity index (χ4n) is 2.55. The monoisotopic (exact) mass is 328 g/mol. The van der Waals surface area contributed by atoms with Crippen molar-refractivity contribution in [3.8, 4) is 11.5 Å². The summed E-state index contributed by atoms with van der Waals surface area (Å²) in [5.74, 6) is 0.449. The second-order valence-corrected chi connectivity index (χ2v) is 4.99. The minimum atomic E-state index is -0.698. The van der Waals surface area contributed by atoms with E-state index in [0.29, 0.717) is 28.0 Å². The first-order valence-electron chi connectivity index (χ1n) is 7.34. The Hall–Kier alpha value is -3.09. The summed E-state index contributed by atoms with van der Waals surface area (Å²) in [7, 11) is 3.08. The van der Waals surface area contributed by atoms with E-state index in [1.807, 2.05) is 0 Å². The van der Waals surface area contributed by atoms with E-state index in [9.17, 15) is 9.59 Å². The normalized spacial score (nSPS) is 10.8. The first-order chi connectivity index (χ1) is 11.6. The summed E-state index contributed by atoms with van der Waals surface area (Å²) in [6.45, 7) is 1.85. The second kappa shape index (κ2) is 6.19. The number of rotatable bonds is 4. The van der Waals surface area contributed by atoms with Crippen LogP contribution in [0.15, 0.2) is 35.3 Å². The van der Waals surface area contributed by atoms with E-state index in [0.717, 1.165) is 0 Å². The number of nitrogens with zero attached hydrogens (tertiary/aromatic N) is 2. The van der Waals surface area contributed by atoms with Gasteiger partial charge in [-0.2, -0.15) is 0 Å². The van der Waals surface area contributed by atoms with E-state index in [2.05, 4.69) is 4.98 Å². The van der Waals surface area contributed by atoms with Gasteiger partial charge in [-0.25, -0.2) is 9.78 Å². The van der Waals surface area contributed by atoms with Crippen molar-refractivity contribution in [2.75, 3.05) is 20.8 Å². The number of hydrogen-bond donors (Lipinski definition) is 0. The van der Waals surface area contributed by atoms with Crippen molar-refractivity contribution >= 4 is 22.5 Å². The van der Waals surface area contributed by atoms with Crippen molar-refractivity contribution in [2.24, 2.45) is 0 Å². The Morgan fingerprint density at radius 1 is 1.21 bits per heavy atom. The summed E-state index contributed by atoms with van der Waals surface area (Å²) in [6, 6.07) is 6.90. The Morgan fingerprint density at radius 2 is 2.00 bits per heavy atom. The predicted octanol–water partition coefficient (Wildman–Crippen LogP) is 2.04. The quantitative estimate of drug-likeness (QED) is 0.539. The number of carbonyl (C=O) groups excluding carboxylic acids is 1. The highest BCUT2D eigenvalue weighted by atomic mass is 16.5. The number of aromatic nitrogens is 2. The van der Waals surface area contributed by atoms with Gasteiger partial charge in [0, 0.05) is 23.7 Å². The van der Waals surface area contributed by atoms with E-state index in [1.165, 1.54) is 17.7 Å². The first-order valence-corrected chi connectivity index (χ1v) is 7.34. The molecule has 0 N–H and O–H groups in total. The third kappa shape index (κ3) is 2.44. The number of hydrogen-bond acceptors (Lipinski definition) is 6. The zero-order valence-corrected chi connectivity index (χ0v) is 13.5. The van der Waals surface area contributed by atoms with E-state index in [1.54, 1.807) is 38.3 Å².